The van der Waals surface area contributed by atoms with E-state index in [0.29, 0.717) is 25.8 Å². The molecule has 0 spiro atoms. The van der Waals surface area contributed by atoms with Crippen LogP contribution in [0.25, 0.3) is 0 Å². The van der Waals surface area contributed by atoms with E-state index in [1.165, 1.54) is 16.9 Å². The summed E-state index contributed by atoms with van der Waals surface area (Å²) in [5.74, 6) is 1.73. The number of nitrogens with two attached hydrogens (primary N) is 1. The minimum absolute atomic E-state index is 0. The van der Waals surface area contributed by atoms with Gasteiger partial charge >= 0.3 is 51.4 Å². The van der Waals surface area contributed by atoms with Gasteiger partial charge in [-0.1, -0.05) is 64.0 Å². The fraction of sp³-hybridized carbons (Fsp3) is 0.492. The van der Waals surface area contributed by atoms with Crippen LogP contribution in [0, 0.1) is 13.8 Å². The van der Waals surface area contributed by atoms with E-state index >= 15 is 0 Å². The Labute approximate surface area is 540 Å². The number of methoxy groups -OCH3 is 2. The number of rotatable bonds is 7. The van der Waals surface area contributed by atoms with Crippen LogP contribution in [0.3, 0.4) is 0 Å². The van der Waals surface area contributed by atoms with E-state index in [0.717, 1.165) is 33.0 Å². The Kier molecular flexibility index (Phi) is 44.7. The molecule has 4 N–H and O–H groups in total. The maximum absolute atomic E-state index is 5.51. The van der Waals surface area contributed by atoms with Crippen LogP contribution in [0.2, 0.25) is 0 Å². The van der Waals surface area contributed by atoms with Crippen LogP contribution in [-0.4, -0.2) is 78.8 Å². The van der Waals surface area contributed by atoms with E-state index in [1.807, 2.05) is 124 Å². The average Bonchev–Trinajstić information content (AvgIpc) is 3.19. The minimum Gasteiger partial charge on any atom is -0.870 e. The van der Waals surface area contributed by atoms with Crippen molar-refractivity contribution >= 4 is 85.0 Å². The number of nitrogens with zero attached hydrogens (tertiary/aromatic N) is 2. The second kappa shape index (κ2) is 39.4. The molecule has 0 aliphatic heterocycles. The summed E-state index contributed by atoms with van der Waals surface area (Å²) in [5.41, 5.74) is 12.1. The van der Waals surface area contributed by atoms with Gasteiger partial charge in [0.25, 0.3) is 0 Å². The molecular formula is C61H103BrCl2KN4O3P2Pd+3. The molecule has 0 amide bonds. The van der Waals surface area contributed by atoms with Gasteiger partial charge in [-0.15, -0.1) is 24.8 Å². The van der Waals surface area contributed by atoms with Crippen molar-refractivity contribution < 1.29 is 86.8 Å². The van der Waals surface area contributed by atoms with Crippen molar-refractivity contribution in [2.75, 3.05) is 63.3 Å². The standard InChI is InChI=1S/C15H18N2O.C12H27P.C12H26P.C8H12N2.C7H7BrO.C7H8.2ClH.K.H2O.Pd/c1-17(2)14-9-7-12(8-10-14)16-13-5-4-6-15(11-13)18-3;2*1-10(2,3)13(11(4,5)6)12(7,8)9;1-10(2)8-5-3-7(9)4-6-8;1-9-7-4-2-3-6(8)5-7;1-7-5-3-2-4-6-7;;;;;/h4-11,16H,1-3H3;1-9H3;1H2,2-9H3;3-6H,9H2,1-2H3;2-5H,1H3;2-6H,1H3;2*1H;;1H2;/q;;+1;;;;;;+1;;/p+1. The molecule has 0 aliphatic rings. The molecule has 0 saturated heterocycles. The van der Waals surface area contributed by atoms with E-state index in [2.05, 4.69) is 194 Å². The van der Waals surface area contributed by atoms with Crippen LogP contribution in [0.5, 0.6) is 11.5 Å². The van der Waals surface area contributed by atoms with Crippen molar-refractivity contribution in [3.05, 3.63) is 144 Å². The van der Waals surface area contributed by atoms with E-state index in [1.54, 1.807) is 14.2 Å². The van der Waals surface area contributed by atoms with Gasteiger partial charge in [0.15, 0.2) is 5.16 Å². The summed E-state index contributed by atoms with van der Waals surface area (Å²) in [6, 6.07) is 42.0. The number of benzene rings is 5. The molecule has 0 aliphatic carbocycles. The predicted octanol–water partition coefficient (Wildman–Crippen LogP) is 16.0. The number of aryl methyl sites for hydroxylation is 1. The summed E-state index contributed by atoms with van der Waals surface area (Å²) in [6.45, 7) is 46.8. The number of nitrogen functional groups attached to an aromatic ring is 1. The summed E-state index contributed by atoms with van der Waals surface area (Å²) in [5, 5.41) is 5.89. The third-order valence-corrected chi connectivity index (χ3v) is 19.9. The van der Waals surface area contributed by atoms with Crippen molar-refractivity contribution in [2.45, 2.75) is 156 Å². The van der Waals surface area contributed by atoms with Crippen molar-refractivity contribution in [2.24, 2.45) is 0 Å². The Balaban J connectivity index is -0.000000192. The number of anilines is 5. The molecule has 5 aromatic carbocycles. The molecule has 424 valence electrons. The first-order valence-corrected chi connectivity index (χ1v) is 28.3. The molecule has 0 unspecified atom stereocenters. The van der Waals surface area contributed by atoms with E-state index in [9.17, 15) is 0 Å². The molecule has 0 aromatic heterocycles. The van der Waals surface area contributed by atoms with Gasteiger partial charge in [-0.05, 0) is 190 Å². The van der Waals surface area contributed by atoms with Crippen molar-refractivity contribution in [1.29, 1.82) is 0 Å². The first-order valence-electron chi connectivity index (χ1n) is 24.5. The van der Waals surface area contributed by atoms with Gasteiger partial charge in [0.2, 0.25) is 0 Å². The molecule has 5 aromatic rings. The van der Waals surface area contributed by atoms with Gasteiger partial charge in [0, 0.05) is 109 Å². The maximum atomic E-state index is 5.51. The van der Waals surface area contributed by atoms with Crippen LogP contribution in [0.15, 0.2) is 132 Å². The number of halogens is 3. The van der Waals surface area contributed by atoms with Crippen LogP contribution in [0.4, 0.5) is 28.4 Å². The SMILES string of the molecule is CC(C)(C)[PH+](C(C)(C)C)C(C)(C)C.CN(C)c1ccc(N)cc1.COc1cccc(Br)c1.COc1cccc(Nc2ccc(N(C)C)cc2)c1.Cc1ccccc1.Cl.Cl.[CH2+]C(C)(C)[PH+](C(C)(C)C)C(C)(C)C.[K+].[OH-].[Pd]. The van der Waals surface area contributed by atoms with Gasteiger partial charge < -0.3 is 35.8 Å². The zero-order chi connectivity index (χ0) is 54.5. The van der Waals surface area contributed by atoms with Gasteiger partial charge in [-0.3, -0.25) is 0 Å². The van der Waals surface area contributed by atoms with E-state index < -0.39 is 15.8 Å². The molecular weight excluding hydrogens is 1190 g/mol. The van der Waals surface area contributed by atoms with Gasteiger partial charge in [-0.2, -0.15) is 0 Å². The molecule has 0 saturated carbocycles. The number of ether oxygens (including phenoxy) is 2. The zero-order valence-corrected chi connectivity index (χ0v) is 61.0. The third kappa shape index (κ3) is 37.5. The van der Waals surface area contributed by atoms with Gasteiger partial charge in [0.05, 0.1) is 47.9 Å². The molecule has 14 heteroatoms. The normalized spacial score (nSPS) is 10.8. The molecule has 0 fully saturated rings. The van der Waals surface area contributed by atoms with E-state index in [-0.39, 0.29) is 107 Å². The maximum Gasteiger partial charge on any atom is 1.00 e. The summed E-state index contributed by atoms with van der Waals surface area (Å²) in [7, 11) is 10.5. The molecule has 0 heterocycles. The van der Waals surface area contributed by atoms with E-state index in [4.69, 9.17) is 15.2 Å². The van der Waals surface area contributed by atoms with Crippen molar-refractivity contribution in [3.8, 4) is 11.5 Å². The van der Waals surface area contributed by atoms with Crippen LogP contribution >= 0.6 is 56.6 Å². The Morgan fingerprint density at radius 3 is 1.09 bits per heavy atom. The Hall–Kier alpha value is -1.05. The summed E-state index contributed by atoms with van der Waals surface area (Å²) in [4.78, 5) is 4.12. The molecule has 5 rings (SSSR count). The second-order valence-electron chi connectivity index (χ2n) is 24.0. The first kappa shape index (κ1) is 85.2. The molecule has 75 heavy (non-hydrogen) atoms. The van der Waals surface area contributed by atoms with Crippen molar-refractivity contribution in [1.82, 2.24) is 0 Å². The summed E-state index contributed by atoms with van der Waals surface area (Å²) >= 11 is 3.32. The summed E-state index contributed by atoms with van der Waals surface area (Å²) in [6.07, 6.45) is 0. The molecule has 0 atom stereocenters. The topological polar surface area (TPSA) is 93.0 Å². The molecule has 7 nitrogen and oxygen atoms in total. The fourth-order valence-corrected chi connectivity index (χ4v) is 23.6. The van der Waals surface area contributed by atoms with Crippen LogP contribution < -0.4 is 81.7 Å². The minimum atomic E-state index is -0.502. The first-order chi connectivity index (χ1) is 31.8. The monoisotopic (exact) mass is 1300 g/mol. The molecule has 0 radical (unpaired) electrons. The Morgan fingerprint density at radius 1 is 0.493 bits per heavy atom. The van der Waals surface area contributed by atoms with Crippen molar-refractivity contribution in [3.63, 3.8) is 0 Å². The Bertz CT molecular complexity index is 2080. The fourth-order valence-electron chi connectivity index (χ4n) is 10.1. The quantitative estimate of drug-likeness (QED) is 0.0726. The van der Waals surface area contributed by atoms with Crippen LogP contribution in [0.1, 0.15) is 123 Å². The molecule has 0 bridgehead atoms. The Morgan fingerprint density at radius 2 is 0.840 bits per heavy atom. The number of nitrogens with one attached hydrogen (secondary N) is 1. The third-order valence-electron chi connectivity index (χ3n) is 10.6. The smallest absolute Gasteiger partial charge is 0.870 e. The predicted molar refractivity (Wildman–Crippen MR) is 345 cm³/mol. The number of hydrogen-bond acceptors (Lipinski definition) is 7. The van der Waals surface area contributed by atoms with Gasteiger partial charge in [-0.25, -0.2) is 0 Å². The zero-order valence-electron chi connectivity index (χ0n) is 51.1. The largest absolute Gasteiger partial charge is 1.00 e. The van der Waals surface area contributed by atoms with Crippen LogP contribution in [-0.2, 0) is 20.4 Å². The summed E-state index contributed by atoms with van der Waals surface area (Å²) < 4.78 is 11.2. The second-order valence-corrected chi connectivity index (χ2v) is 35.3. The average molecular weight is 1300 g/mol. The number of hydrogen-bond donors (Lipinski definition) is 2. The van der Waals surface area contributed by atoms with Gasteiger partial charge in [0.1, 0.15) is 18.4 Å².